The SMILES string of the molecule is CCc1ccc(C(=O)O[C@@H](C)C(=O)Nc2c(Cl)cc(Cl)cc2Cl)cc1. The first-order valence-electron chi connectivity index (χ1n) is 7.57. The Hall–Kier alpha value is -1.75. The normalized spacial score (nSPS) is 11.7. The van der Waals surface area contributed by atoms with Gasteiger partial charge in [-0.3, -0.25) is 4.79 Å². The zero-order chi connectivity index (χ0) is 18.6. The van der Waals surface area contributed by atoms with Crippen molar-refractivity contribution in [2.24, 2.45) is 0 Å². The zero-order valence-electron chi connectivity index (χ0n) is 13.6. The van der Waals surface area contributed by atoms with E-state index in [0.29, 0.717) is 10.6 Å². The smallest absolute Gasteiger partial charge is 0.338 e. The number of carbonyl (C=O) groups excluding carboxylic acids is 2. The van der Waals surface area contributed by atoms with E-state index in [1.807, 2.05) is 19.1 Å². The second-order valence-electron chi connectivity index (χ2n) is 5.33. The number of anilines is 1. The van der Waals surface area contributed by atoms with Crippen LogP contribution in [0.4, 0.5) is 5.69 Å². The highest BCUT2D eigenvalue weighted by atomic mass is 35.5. The number of hydrogen-bond acceptors (Lipinski definition) is 3. The predicted molar refractivity (Wildman–Crippen MR) is 101 cm³/mol. The molecule has 1 N–H and O–H groups in total. The fraction of sp³-hybridized carbons (Fsp3) is 0.222. The Bertz CT molecular complexity index is 768. The van der Waals surface area contributed by atoms with Crippen LogP contribution < -0.4 is 5.32 Å². The van der Waals surface area contributed by atoms with E-state index in [9.17, 15) is 9.59 Å². The second kappa shape index (κ2) is 8.56. The first-order chi connectivity index (χ1) is 11.8. The van der Waals surface area contributed by atoms with Gasteiger partial charge >= 0.3 is 5.97 Å². The minimum atomic E-state index is -1.03. The van der Waals surface area contributed by atoms with Gasteiger partial charge in [0.2, 0.25) is 0 Å². The molecule has 25 heavy (non-hydrogen) atoms. The third-order valence-electron chi connectivity index (χ3n) is 3.51. The van der Waals surface area contributed by atoms with Gasteiger partial charge in [-0.25, -0.2) is 4.79 Å². The van der Waals surface area contributed by atoms with Crippen molar-refractivity contribution >= 4 is 52.4 Å². The third-order valence-corrected chi connectivity index (χ3v) is 4.32. The van der Waals surface area contributed by atoms with Crippen LogP contribution in [0.2, 0.25) is 15.1 Å². The van der Waals surface area contributed by atoms with Crippen molar-refractivity contribution in [2.45, 2.75) is 26.4 Å². The maximum Gasteiger partial charge on any atom is 0.338 e. The van der Waals surface area contributed by atoms with Gasteiger partial charge in [-0.2, -0.15) is 0 Å². The molecule has 2 aromatic rings. The van der Waals surface area contributed by atoms with Crippen molar-refractivity contribution in [3.05, 3.63) is 62.6 Å². The van der Waals surface area contributed by atoms with Crippen LogP contribution >= 0.6 is 34.8 Å². The summed E-state index contributed by atoms with van der Waals surface area (Å²) in [6.07, 6.45) is -0.155. The van der Waals surface area contributed by atoms with E-state index in [-0.39, 0.29) is 15.7 Å². The molecule has 0 aliphatic rings. The highest BCUT2D eigenvalue weighted by Gasteiger charge is 2.21. The van der Waals surface area contributed by atoms with Crippen molar-refractivity contribution in [1.29, 1.82) is 0 Å². The molecule has 0 aliphatic carbocycles. The van der Waals surface area contributed by atoms with Crippen LogP contribution in [-0.2, 0) is 16.0 Å². The Morgan fingerprint density at radius 3 is 2.16 bits per heavy atom. The van der Waals surface area contributed by atoms with Crippen LogP contribution in [0.15, 0.2) is 36.4 Å². The lowest BCUT2D eigenvalue weighted by atomic mass is 10.1. The molecule has 0 spiro atoms. The van der Waals surface area contributed by atoms with E-state index in [2.05, 4.69) is 5.32 Å². The summed E-state index contributed by atoms with van der Waals surface area (Å²) in [7, 11) is 0. The van der Waals surface area contributed by atoms with Crippen LogP contribution in [0.1, 0.15) is 29.8 Å². The molecule has 0 fully saturated rings. The lowest BCUT2D eigenvalue weighted by Crippen LogP contribution is -2.30. The molecule has 0 heterocycles. The number of halogens is 3. The number of rotatable bonds is 5. The molecule has 1 amide bonds. The number of nitrogens with one attached hydrogen (secondary N) is 1. The summed E-state index contributed by atoms with van der Waals surface area (Å²) in [6.45, 7) is 3.48. The van der Waals surface area contributed by atoms with Crippen molar-refractivity contribution in [3.8, 4) is 0 Å². The molecule has 0 saturated carbocycles. The van der Waals surface area contributed by atoms with Gasteiger partial charge < -0.3 is 10.1 Å². The Labute approximate surface area is 161 Å². The summed E-state index contributed by atoms with van der Waals surface area (Å²) in [6, 6.07) is 9.92. The van der Waals surface area contributed by atoms with Gasteiger partial charge in [0.25, 0.3) is 5.91 Å². The Morgan fingerprint density at radius 1 is 1.08 bits per heavy atom. The molecule has 2 aromatic carbocycles. The molecule has 7 heteroatoms. The first kappa shape index (κ1) is 19.6. The molecule has 0 saturated heterocycles. The number of hydrogen-bond donors (Lipinski definition) is 1. The summed E-state index contributed by atoms with van der Waals surface area (Å²) in [5, 5.41) is 3.28. The molecule has 0 aliphatic heterocycles. The lowest BCUT2D eigenvalue weighted by Gasteiger charge is -2.15. The molecular formula is C18H16Cl3NO3. The molecule has 0 radical (unpaired) electrons. The minimum Gasteiger partial charge on any atom is -0.449 e. The molecule has 0 unspecified atom stereocenters. The molecular weight excluding hydrogens is 385 g/mol. The highest BCUT2D eigenvalue weighted by molar-refractivity contribution is 6.42. The number of ether oxygens (including phenoxy) is 1. The maximum absolute atomic E-state index is 12.2. The summed E-state index contributed by atoms with van der Waals surface area (Å²) in [5.74, 6) is -1.14. The van der Waals surface area contributed by atoms with E-state index < -0.39 is 18.0 Å². The first-order valence-corrected chi connectivity index (χ1v) is 8.70. The van der Waals surface area contributed by atoms with Gasteiger partial charge in [-0.1, -0.05) is 53.9 Å². The predicted octanol–water partition coefficient (Wildman–Crippen LogP) is 5.39. The van der Waals surface area contributed by atoms with E-state index in [1.165, 1.54) is 19.1 Å². The quantitative estimate of drug-likeness (QED) is 0.684. The largest absolute Gasteiger partial charge is 0.449 e. The molecule has 0 aromatic heterocycles. The average Bonchev–Trinajstić information content (AvgIpc) is 2.57. The van der Waals surface area contributed by atoms with Crippen molar-refractivity contribution in [2.75, 3.05) is 5.32 Å². The number of amides is 1. The second-order valence-corrected chi connectivity index (χ2v) is 6.58. The monoisotopic (exact) mass is 399 g/mol. The molecule has 4 nitrogen and oxygen atoms in total. The van der Waals surface area contributed by atoms with E-state index >= 15 is 0 Å². The molecule has 2 rings (SSSR count). The third kappa shape index (κ3) is 5.11. The van der Waals surface area contributed by atoms with Crippen LogP contribution in [0, 0.1) is 0 Å². The maximum atomic E-state index is 12.2. The number of carbonyl (C=O) groups is 2. The molecule has 0 bridgehead atoms. The minimum absolute atomic E-state index is 0.194. The molecule has 132 valence electrons. The Balaban J connectivity index is 2.03. The molecule has 1 atom stereocenters. The zero-order valence-corrected chi connectivity index (χ0v) is 15.9. The van der Waals surface area contributed by atoms with Crippen LogP contribution in [0.3, 0.4) is 0 Å². The number of benzene rings is 2. The topological polar surface area (TPSA) is 55.4 Å². The van der Waals surface area contributed by atoms with Gasteiger partial charge in [0.1, 0.15) is 0 Å². The van der Waals surface area contributed by atoms with Crippen molar-refractivity contribution in [3.63, 3.8) is 0 Å². The summed E-state index contributed by atoms with van der Waals surface area (Å²) >= 11 is 17.9. The van der Waals surface area contributed by atoms with Crippen molar-refractivity contribution in [1.82, 2.24) is 0 Å². The van der Waals surface area contributed by atoms with E-state index in [4.69, 9.17) is 39.5 Å². The number of esters is 1. The Kier molecular flexibility index (Phi) is 6.71. The van der Waals surface area contributed by atoms with Crippen molar-refractivity contribution < 1.29 is 14.3 Å². The number of aryl methyl sites for hydroxylation is 1. The fourth-order valence-electron chi connectivity index (χ4n) is 2.05. The fourth-order valence-corrected chi connectivity index (χ4v) is 2.96. The van der Waals surface area contributed by atoms with Gasteiger partial charge in [0, 0.05) is 5.02 Å². The Morgan fingerprint density at radius 2 is 1.64 bits per heavy atom. The van der Waals surface area contributed by atoms with Crippen LogP contribution in [-0.4, -0.2) is 18.0 Å². The van der Waals surface area contributed by atoms with E-state index in [1.54, 1.807) is 12.1 Å². The highest BCUT2D eigenvalue weighted by Crippen LogP contribution is 2.33. The lowest BCUT2D eigenvalue weighted by molar-refractivity contribution is -0.123. The van der Waals surface area contributed by atoms with E-state index in [0.717, 1.165) is 12.0 Å². The summed E-state index contributed by atoms with van der Waals surface area (Å²) < 4.78 is 5.18. The standard InChI is InChI=1S/C18H16Cl3NO3/c1-3-11-4-6-12(7-5-11)18(24)25-10(2)17(23)22-16-14(20)8-13(19)9-15(16)21/h4-10H,3H2,1-2H3,(H,22,23)/t10-/m0/s1. The van der Waals surface area contributed by atoms with Gasteiger partial charge in [0.15, 0.2) is 6.10 Å². The van der Waals surface area contributed by atoms with Gasteiger partial charge in [-0.05, 0) is 43.2 Å². The van der Waals surface area contributed by atoms with Crippen LogP contribution in [0.5, 0.6) is 0 Å². The average molecular weight is 401 g/mol. The summed E-state index contributed by atoms with van der Waals surface area (Å²) in [5.41, 5.74) is 1.70. The van der Waals surface area contributed by atoms with Gasteiger partial charge in [-0.15, -0.1) is 0 Å². The van der Waals surface area contributed by atoms with Crippen LogP contribution in [0.25, 0.3) is 0 Å². The summed E-state index contributed by atoms with van der Waals surface area (Å²) in [4.78, 5) is 24.3. The van der Waals surface area contributed by atoms with Gasteiger partial charge in [0.05, 0.1) is 21.3 Å².